The lowest BCUT2D eigenvalue weighted by molar-refractivity contribution is 0.102. The number of carbonyl (C=O) groups is 1. The van der Waals surface area contributed by atoms with Crippen molar-refractivity contribution in [3.8, 4) is 5.88 Å². The van der Waals surface area contributed by atoms with Gasteiger partial charge in [0.2, 0.25) is 15.9 Å². The van der Waals surface area contributed by atoms with E-state index in [2.05, 4.69) is 27.3 Å². The molecule has 0 radical (unpaired) electrons. The Morgan fingerprint density at radius 2 is 1.76 bits per heavy atom. The molecule has 4 rings (SSSR count). The number of ether oxygens (including phenoxy) is 1. The third kappa shape index (κ3) is 5.57. The van der Waals surface area contributed by atoms with E-state index < -0.39 is 15.9 Å². The first kappa shape index (κ1) is 22.9. The van der Waals surface area contributed by atoms with Gasteiger partial charge in [0.15, 0.2) is 0 Å². The van der Waals surface area contributed by atoms with Gasteiger partial charge >= 0.3 is 0 Å². The van der Waals surface area contributed by atoms with Crippen molar-refractivity contribution in [2.75, 3.05) is 38.6 Å². The predicted molar refractivity (Wildman–Crippen MR) is 126 cm³/mol. The van der Waals surface area contributed by atoms with Crippen LogP contribution in [-0.2, 0) is 16.6 Å². The average Bonchev–Trinajstić information content (AvgIpc) is 2.85. The molecule has 1 saturated heterocycles. The second kappa shape index (κ2) is 10.1. The van der Waals surface area contributed by atoms with Gasteiger partial charge in [-0.15, -0.1) is 0 Å². The van der Waals surface area contributed by atoms with Crippen molar-refractivity contribution in [2.45, 2.75) is 11.4 Å². The van der Waals surface area contributed by atoms with E-state index in [1.807, 2.05) is 18.2 Å². The number of methoxy groups -OCH3 is 1. The molecule has 1 fully saturated rings. The summed E-state index contributed by atoms with van der Waals surface area (Å²) in [6, 6.07) is 19.5. The van der Waals surface area contributed by atoms with Gasteiger partial charge < -0.3 is 10.1 Å². The lowest BCUT2D eigenvalue weighted by atomic mass is 10.2. The standard InChI is InChI=1S/C24H26N4O4S/c1-32-23-11-10-21(17-25-23)26-24(29)20-8-5-9-22(16-20)33(30,31)28-14-12-27(13-15-28)18-19-6-3-2-4-7-19/h2-11,16-17H,12-15,18H2,1H3,(H,26,29). The van der Waals surface area contributed by atoms with E-state index in [-0.39, 0.29) is 10.5 Å². The van der Waals surface area contributed by atoms with Crippen LogP contribution >= 0.6 is 0 Å². The van der Waals surface area contributed by atoms with Crippen molar-refractivity contribution in [1.82, 2.24) is 14.2 Å². The van der Waals surface area contributed by atoms with Crippen molar-refractivity contribution in [2.24, 2.45) is 0 Å². The molecule has 8 nitrogen and oxygen atoms in total. The largest absolute Gasteiger partial charge is 0.481 e. The quantitative estimate of drug-likeness (QED) is 0.576. The van der Waals surface area contributed by atoms with Crippen molar-refractivity contribution in [1.29, 1.82) is 0 Å². The molecule has 1 aromatic heterocycles. The van der Waals surface area contributed by atoms with Crippen molar-refractivity contribution in [3.05, 3.63) is 84.1 Å². The summed E-state index contributed by atoms with van der Waals surface area (Å²) in [5, 5.41) is 2.72. The number of nitrogens with one attached hydrogen (secondary N) is 1. The molecule has 0 unspecified atom stereocenters. The van der Waals surface area contributed by atoms with E-state index in [0.29, 0.717) is 37.7 Å². The van der Waals surface area contributed by atoms with Crippen LogP contribution in [0.25, 0.3) is 0 Å². The van der Waals surface area contributed by atoms with E-state index in [4.69, 9.17) is 4.74 Å². The summed E-state index contributed by atoms with van der Waals surface area (Å²) < 4.78 is 32.9. The number of carbonyl (C=O) groups excluding carboxylic acids is 1. The topological polar surface area (TPSA) is 91.8 Å². The lowest BCUT2D eigenvalue weighted by Crippen LogP contribution is -2.48. The fourth-order valence-electron chi connectivity index (χ4n) is 3.69. The minimum absolute atomic E-state index is 0.111. The SMILES string of the molecule is COc1ccc(NC(=O)c2cccc(S(=O)(=O)N3CCN(Cc4ccccc4)CC3)c2)cn1. The van der Waals surface area contributed by atoms with Crippen LogP contribution in [0.3, 0.4) is 0 Å². The van der Waals surface area contributed by atoms with Crippen LogP contribution in [0.15, 0.2) is 77.8 Å². The molecule has 2 aromatic carbocycles. The smallest absolute Gasteiger partial charge is 0.255 e. The second-order valence-electron chi connectivity index (χ2n) is 7.74. The van der Waals surface area contributed by atoms with Gasteiger partial charge in [-0.05, 0) is 29.8 Å². The third-order valence-electron chi connectivity index (χ3n) is 5.52. The highest BCUT2D eigenvalue weighted by Gasteiger charge is 2.29. The number of aromatic nitrogens is 1. The normalized spacial score (nSPS) is 15.2. The first-order valence-corrected chi connectivity index (χ1v) is 12.1. The van der Waals surface area contributed by atoms with Gasteiger partial charge in [0, 0.05) is 44.4 Å². The molecule has 2 heterocycles. The molecule has 0 saturated carbocycles. The summed E-state index contributed by atoms with van der Waals surface area (Å²) in [7, 11) is -2.19. The van der Waals surface area contributed by atoms with E-state index in [1.165, 1.54) is 35.3 Å². The summed E-state index contributed by atoms with van der Waals surface area (Å²) in [4.78, 5) is 19.1. The maximum absolute atomic E-state index is 13.2. The van der Waals surface area contributed by atoms with Crippen molar-refractivity contribution >= 4 is 21.6 Å². The minimum Gasteiger partial charge on any atom is -0.481 e. The summed E-state index contributed by atoms with van der Waals surface area (Å²) in [5.41, 5.74) is 1.96. The Hall–Kier alpha value is -3.27. The lowest BCUT2D eigenvalue weighted by Gasteiger charge is -2.34. The molecule has 1 aliphatic heterocycles. The van der Waals surface area contributed by atoms with E-state index in [1.54, 1.807) is 24.3 Å². The number of benzene rings is 2. The molecule has 0 spiro atoms. The predicted octanol–water partition coefficient (Wildman–Crippen LogP) is 2.85. The van der Waals surface area contributed by atoms with Crippen LogP contribution in [0.5, 0.6) is 5.88 Å². The molecule has 1 amide bonds. The monoisotopic (exact) mass is 466 g/mol. The molecule has 1 N–H and O–H groups in total. The number of pyridine rings is 1. The van der Waals surface area contributed by atoms with E-state index >= 15 is 0 Å². The van der Waals surface area contributed by atoms with Crippen LogP contribution < -0.4 is 10.1 Å². The highest BCUT2D eigenvalue weighted by molar-refractivity contribution is 7.89. The Morgan fingerprint density at radius 1 is 1.00 bits per heavy atom. The fourth-order valence-corrected chi connectivity index (χ4v) is 5.16. The van der Waals surface area contributed by atoms with Crippen molar-refractivity contribution in [3.63, 3.8) is 0 Å². The molecule has 0 aliphatic carbocycles. The van der Waals surface area contributed by atoms with Crippen LogP contribution in [0.2, 0.25) is 0 Å². The molecule has 3 aromatic rings. The number of hydrogen-bond acceptors (Lipinski definition) is 6. The van der Waals surface area contributed by atoms with Gasteiger partial charge in [-0.1, -0.05) is 36.4 Å². The van der Waals surface area contributed by atoms with Gasteiger partial charge in [0.1, 0.15) is 0 Å². The Labute approximate surface area is 193 Å². The van der Waals surface area contributed by atoms with Gasteiger partial charge in [-0.2, -0.15) is 4.31 Å². The van der Waals surface area contributed by atoms with Crippen molar-refractivity contribution < 1.29 is 17.9 Å². The Bertz CT molecular complexity index is 1190. The maximum atomic E-state index is 13.2. The van der Waals surface area contributed by atoms with Gasteiger partial charge in [-0.25, -0.2) is 13.4 Å². The average molecular weight is 467 g/mol. The van der Waals surface area contributed by atoms with Crippen LogP contribution in [0, 0.1) is 0 Å². The highest BCUT2D eigenvalue weighted by atomic mass is 32.2. The summed E-state index contributed by atoms with van der Waals surface area (Å²) in [6.07, 6.45) is 1.48. The minimum atomic E-state index is -3.70. The second-order valence-corrected chi connectivity index (χ2v) is 9.67. The zero-order valence-electron chi connectivity index (χ0n) is 18.3. The van der Waals surface area contributed by atoms with Gasteiger partial charge in [0.05, 0.1) is 23.9 Å². The molecule has 33 heavy (non-hydrogen) atoms. The van der Waals surface area contributed by atoms with Gasteiger partial charge in [-0.3, -0.25) is 9.69 Å². The molecular formula is C24H26N4O4S. The summed E-state index contributed by atoms with van der Waals surface area (Å²) >= 11 is 0. The number of amides is 1. The number of anilines is 1. The molecule has 172 valence electrons. The highest BCUT2D eigenvalue weighted by Crippen LogP contribution is 2.21. The zero-order valence-corrected chi connectivity index (χ0v) is 19.2. The van der Waals surface area contributed by atoms with Gasteiger partial charge in [0.25, 0.3) is 5.91 Å². The molecule has 0 atom stereocenters. The van der Waals surface area contributed by atoms with Crippen LogP contribution in [0.1, 0.15) is 15.9 Å². The molecular weight excluding hydrogens is 440 g/mol. The van der Waals surface area contributed by atoms with Crippen LogP contribution in [-0.4, -0.2) is 61.8 Å². The number of nitrogens with zero attached hydrogens (tertiary/aromatic N) is 3. The van der Waals surface area contributed by atoms with E-state index in [0.717, 1.165) is 6.54 Å². The Balaban J connectivity index is 1.41. The Kier molecular flexibility index (Phi) is 7.02. The zero-order chi connectivity index (χ0) is 23.3. The van der Waals surface area contributed by atoms with E-state index in [9.17, 15) is 13.2 Å². The molecule has 9 heteroatoms. The maximum Gasteiger partial charge on any atom is 0.255 e. The summed E-state index contributed by atoms with van der Waals surface area (Å²) in [5.74, 6) is 0.0247. The number of rotatable bonds is 7. The third-order valence-corrected chi connectivity index (χ3v) is 7.41. The number of hydrogen-bond donors (Lipinski definition) is 1. The Morgan fingerprint density at radius 3 is 2.42 bits per heavy atom. The first-order chi connectivity index (χ1) is 16.0. The molecule has 0 bridgehead atoms. The fraction of sp³-hybridized carbons (Fsp3) is 0.250. The van der Waals surface area contributed by atoms with Crippen LogP contribution in [0.4, 0.5) is 5.69 Å². The summed E-state index contributed by atoms with van der Waals surface area (Å²) in [6.45, 7) is 2.91. The number of sulfonamides is 1. The molecule has 1 aliphatic rings. The number of piperazine rings is 1. The first-order valence-electron chi connectivity index (χ1n) is 10.6.